The molecule has 2 amide bonds. The first-order valence-corrected chi connectivity index (χ1v) is 7.89. The van der Waals surface area contributed by atoms with Crippen molar-refractivity contribution in [3.05, 3.63) is 42.2 Å². The quantitative estimate of drug-likeness (QED) is 0.459. The lowest BCUT2D eigenvalue weighted by molar-refractivity contribution is 0.0995. The Morgan fingerprint density at radius 2 is 2.22 bits per heavy atom. The fraction of sp³-hybridized carbons (Fsp3) is 0.188. The van der Waals surface area contributed by atoms with Crippen molar-refractivity contribution in [2.75, 3.05) is 23.8 Å². The number of nitrogens with two attached hydrogens (primary N) is 1. The first-order chi connectivity index (χ1) is 13.0. The summed E-state index contributed by atoms with van der Waals surface area (Å²) in [5, 5.41) is 18.2. The number of hydrogen-bond acceptors (Lipinski definition) is 8. The summed E-state index contributed by atoms with van der Waals surface area (Å²) in [5.74, 6) is -0.581. The molecule has 11 heteroatoms. The zero-order valence-electron chi connectivity index (χ0n) is 14.3. The van der Waals surface area contributed by atoms with E-state index in [1.807, 2.05) is 0 Å². The van der Waals surface area contributed by atoms with Gasteiger partial charge < -0.3 is 25.9 Å². The van der Waals surface area contributed by atoms with Crippen LogP contribution in [0, 0.1) is 0 Å². The molecule has 0 aliphatic carbocycles. The molecule has 3 aromatic rings. The van der Waals surface area contributed by atoms with Gasteiger partial charge in [0.2, 0.25) is 5.89 Å². The van der Waals surface area contributed by atoms with Crippen molar-refractivity contribution in [3.8, 4) is 11.5 Å². The van der Waals surface area contributed by atoms with E-state index in [1.165, 1.54) is 17.1 Å². The number of anilines is 2. The number of hydrogen-bond donors (Lipinski definition) is 4. The zero-order chi connectivity index (χ0) is 19.4. The molecule has 0 radical (unpaired) electrons. The van der Waals surface area contributed by atoms with Gasteiger partial charge in [0.05, 0.1) is 12.3 Å². The molecule has 0 saturated carbocycles. The summed E-state index contributed by atoms with van der Waals surface area (Å²) in [6.07, 6.45) is 4.21. The summed E-state index contributed by atoms with van der Waals surface area (Å²) >= 11 is 0. The van der Waals surface area contributed by atoms with Gasteiger partial charge in [-0.3, -0.25) is 14.3 Å². The smallest absolute Gasteiger partial charge is 0.277 e. The Morgan fingerprint density at radius 1 is 1.41 bits per heavy atom. The van der Waals surface area contributed by atoms with Crippen LogP contribution in [0.3, 0.4) is 0 Å². The summed E-state index contributed by atoms with van der Waals surface area (Å²) in [6.45, 7) is 0.319. The van der Waals surface area contributed by atoms with Gasteiger partial charge in [0.1, 0.15) is 12.1 Å². The van der Waals surface area contributed by atoms with Gasteiger partial charge in [-0.1, -0.05) is 0 Å². The minimum atomic E-state index is -0.758. The van der Waals surface area contributed by atoms with E-state index in [1.54, 1.807) is 25.4 Å². The second-order valence-electron chi connectivity index (χ2n) is 5.50. The molecule has 3 rings (SSSR count). The third-order valence-corrected chi connectivity index (χ3v) is 3.47. The van der Waals surface area contributed by atoms with E-state index >= 15 is 0 Å². The number of pyridine rings is 1. The molecule has 11 nitrogen and oxygen atoms in total. The van der Waals surface area contributed by atoms with E-state index in [2.05, 4.69) is 25.7 Å². The van der Waals surface area contributed by atoms with Crippen LogP contribution in [0.4, 0.5) is 11.5 Å². The number of carbonyl (C=O) groups excluding carboxylic acids is 2. The Labute approximate surface area is 153 Å². The highest BCUT2D eigenvalue weighted by Gasteiger charge is 2.19. The Hall–Kier alpha value is -3.73. The molecule has 3 heterocycles. The van der Waals surface area contributed by atoms with E-state index < -0.39 is 11.8 Å². The van der Waals surface area contributed by atoms with Crippen molar-refractivity contribution in [2.45, 2.75) is 0 Å². The van der Waals surface area contributed by atoms with Crippen LogP contribution in [0.5, 0.6) is 0 Å². The molecule has 0 aromatic carbocycles. The molecule has 0 saturated heterocycles. The van der Waals surface area contributed by atoms with Crippen molar-refractivity contribution in [1.82, 2.24) is 19.7 Å². The number of aromatic nitrogens is 4. The average molecular weight is 371 g/mol. The fourth-order valence-corrected chi connectivity index (χ4v) is 2.30. The number of aliphatic hydroxyl groups excluding tert-OH is 1. The van der Waals surface area contributed by atoms with Crippen LogP contribution in [0.1, 0.15) is 21.0 Å². The maximum atomic E-state index is 12.4. The SMILES string of the molecule is Cn1cc(NC(=O)c2coc(-c3ccnc(NCCO)c3)n2)c(C(N)=O)n1. The maximum absolute atomic E-state index is 12.4. The van der Waals surface area contributed by atoms with Crippen LogP contribution in [0.15, 0.2) is 35.2 Å². The van der Waals surface area contributed by atoms with Gasteiger partial charge in [-0.05, 0) is 12.1 Å². The molecule has 0 aliphatic rings. The fourth-order valence-electron chi connectivity index (χ4n) is 2.30. The number of nitrogens with one attached hydrogen (secondary N) is 2. The van der Waals surface area contributed by atoms with Crippen LogP contribution in [0.2, 0.25) is 0 Å². The van der Waals surface area contributed by atoms with Crippen LogP contribution in [0.25, 0.3) is 11.5 Å². The number of aliphatic hydroxyl groups is 1. The lowest BCUT2D eigenvalue weighted by atomic mass is 10.2. The third-order valence-electron chi connectivity index (χ3n) is 3.47. The number of oxazole rings is 1. The molecular formula is C16H17N7O4. The summed E-state index contributed by atoms with van der Waals surface area (Å²) in [4.78, 5) is 32.0. The summed E-state index contributed by atoms with van der Waals surface area (Å²) in [5.41, 5.74) is 5.99. The van der Waals surface area contributed by atoms with E-state index in [-0.39, 0.29) is 29.6 Å². The molecule has 0 spiro atoms. The number of aryl methyl sites for hydroxylation is 1. The number of carbonyl (C=O) groups is 2. The van der Waals surface area contributed by atoms with Crippen molar-refractivity contribution in [3.63, 3.8) is 0 Å². The maximum Gasteiger partial charge on any atom is 0.277 e. The van der Waals surface area contributed by atoms with Crippen molar-refractivity contribution in [2.24, 2.45) is 12.8 Å². The molecule has 27 heavy (non-hydrogen) atoms. The minimum absolute atomic E-state index is 0.0194. The zero-order valence-corrected chi connectivity index (χ0v) is 14.3. The second kappa shape index (κ2) is 7.66. The largest absolute Gasteiger partial charge is 0.444 e. The van der Waals surface area contributed by atoms with Gasteiger partial charge in [-0.15, -0.1) is 0 Å². The minimum Gasteiger partial charge on any atom is -0.444 e. The van der Waals surface area contributed by atoms with Crippen molar-refractivity contribution < 1.29 is 19.1 Å². The summed E-state index contributed by atoms with van der Waals surface area (Å²) in [6, 6.07) is 3.35. The van der Waals surface area contributed by atoms with Gasteiger partial charge >= 0.3 is 0 Å². The lowest BCUT2D eigenvalue weighted by Crippen LogP contribution is -2.18. The Kier molecular flexibility index (Phi) is 5.13. The van der Waals surface area contributed by atoms with Gasteiger partial charge in [-0.25, -0.2) is 9.97 Å². The average Bonchev–Trinajstić information content (AvgIpc) is 3.27. The van der Waals surface area contributed by atoms with Gasteiger partial charge in [0.25, 0.3) is 11.8 Å². The highest BCUT2D eigenvalue weighted by molar-refractivity contribution is 6.07. The molecule has 5 N–H and O–H groups in total. The standard InChI is InChI=1S/C16H17N7O4/c1-23-7-10(13(22-23)14(17)25)20-15(26)11-8-27-16(21-11)9-2-3-18-12(6-9)19-4-5-24/h2-3,6-8,24H,4-5H2,1H3,(H2,17,25)(H,18,19)(H,20,26). The van der Waals surface area contributed by atoms with E-state index in [9.17, 15) is 9.59 Å². The van der Waals surface area contributed by atoms with Crippen LogP contribution < -0.4 is 16.4 Å². The first kappa shape index (κ1) is 18.1. The summed E-state index contributed by atoms with van der Waals surface area (Å²) in [7, 11) is 1.60. The normalized spacial score (nSPS) is 10.6. The molecule has 0 bridgehead atoms. The predicted molar refractivity (Wildman–Crippen MR) is 95.0 cm³/mol. The number of amides is 2. The summed E-state index contributed by atoms with van der Waals surface area (Å²) < 4.78 is 6.73. The third kappa shape index (κ3) is 4.10. The van der Waals surface area contributed by atoms with Gasteiger partial charge in [0, 0.05) is 31.5 Å². The lowest BCUT2D eigenvalue weighted by Gasteiger charge is -2.03. The van der Waals surface area contributed by atoms with Gasteiger partial charge in [0.15, 0.2) is 11.4 Å². The van der Waals surface area contributed by atoms with Crippen LogP contribution >= 0.6 is 0 Å². The van der Waals surface area contributed by atoms with Crippen LogP contribution in [-0.4, -0.2) is 49.8 Å². The number of primary amides is 1. The van der Waals surface area contributed by atoms with E-state index in [4.69, 9.17) is 15.3 Å². The molecule has 0 fully saturated rings. The van der Waals surface area contributed by atoms with Crippen molar-refractivity contribution >= 4 is 23.3 Å². The molecule has 0 atom stereocenters. The first-order valence-electron chi connectivity index (χ1n) is 7.89. The number of nitrogens with zero attached hydrogens (tertiary/aromatic N) is 4. The topological polar surface area (TPSA) is 161 Å². The number of rotatable bonds is 7. The molecule has 0 aliphatic heterocycles. The second-order valence-corrected chi connectivity index (χ2v) is 5.50. The van der Waals surface area contributed by atoms with Crippen molar-refractivity contribution in [1.29, 1.82) is 0 Å². The monoisotopic (exact) mass is 371 g/mol. The predicted octanol–water partition coefficient (Wildman–Crippen LogP) is 0.225. The Morgan fingerprint density at radius 3 is 2.96 bits per heavy atom. The molecular weight excluding hydrogens is 354 g/mol. The molecule has 3 aromatic heterocycles. The van der Waals surface area contributed by atoms with Crippen LogP contribution in [-0.2, 0) is 7.05 Å². The molecule has 140 valence electrons. The van der Waals surface area contributed by atoms with E-state index in [0.29, 0.717) is 17.9 Å². The Balaban J connectivity index is 1.78. The Bertz CT molecular complexity index is 979. The van der Waals surface area contributed by atoms with E-state index in [0.717, 1.165) is 0 Å². The highest BCUT2D eigenvalue weighted by atomic mass is 16.3. The molecule has 0 unspecified atom stereocenters. The van der Waals surface area contributed by atoms with Gasteiger partial charge in [-0.2, -0.15) is 5.10 Å². The highest BCUT2D eigenvalue weighted by Crippen LogP contribution is 2.21.